The maximum atomic E-state index is 12.6. The fraction of sp³-hybridized carbons (Fsp3) is 0.522. The van der Waals surface area contributed by atoms with Crippen LogP contribution < -0.4 is 0 Å². The topological polar surface area (TPSA) is 59.7 Å². The highest BCUT2D eigenvalue weighted by Crippen LogP contribution is 2.44. The van der Waals surface area contributed by atoms with E-state index in [4.69, 9.17) is 9.15 Å². The lowest BCUT2D eigenvalue weighted by Crippen LogP contribution is -2.44. The summed E-state index contributed by atoms with van der Waals surface area (Å²) in [6.07, 6.45) is 1.33. The summed E-state index contributed by atoms with van der Waals surface area (Å²) in [5.74, 6) is 0.961. The molecule has 2 aromatic rings. The molecule has 1 aliphatic rings. The van der Waals surface area contributed by atoms with Gasteiger partial charge in [-0.15, -0.1) is 0 Å². The summed E-state index contributed by atoms with van der Waals surface area (Å²) < 4.78 is 11.2. The van der Waals surface area contributed by atoms with Crippen LogP contribution in [-0.2, 0) is 14.9 Å². The smallest absolute Gasteiger partial charge is 0.343 e. The maximum Gasteiger partial charge on any atom is 0.343 e. The summed E-state index contributed by atoms with van der Waals surface area (Å²) in [5.41, 5.74) is 1.12. The molecule has 0 bridgehead atoms. The molecule has 4 atom stereocenters. The number of carbonyl (C=O) groups excluding carboxylic acids is 1. The van der Waals surface area contributed by atoms with Crippen LogP contribution >= 0.6 is 0 Å². The molecule has 0 amide bonds. The summed E-state index contributed by atoms with van der Waals surface area (Å²) in [7, 11) is 0. The highest BCUT2D eigenvalue weighted by atomic mass is 16.6. The number of hydrogen-bond acceptors (Lipinski definition) is 4. The number of aliphatic hydroxyl groups is 1. The van der Waals surface area contributed by atoms with E-state index < -0.39 is 12.1 Å². The largest absolute Gasteiger partial charge is 0.463 e. The van der Waals surface area contributed by atoms with Crippen molar-refractivity contribution in [3.63, 3.8) is 0 Å². The Morgan fingerprint density at radius 2 is 1.89 bits per heavy atom. The second-order valence-electron chi connectivity index (χ2n) is 8.44. The van der Waals surface area contributed by atoms with Gasteiger partial charge in [-0.1, -0.05) is 57.5 Å². The molecule has 3 rings (SSSR count). The van der Waals surface area contributed by atoms with Crippen LogP contribution in [0.3, 0.4) is 0 Å². The molecule has 1 aliphatic carbocycles. The van der Waals surface area contributed by atoms with Gasteiger partial charge < -0.3 is 14.3 Å². The van der Waals surface area contributed by atoms with Crippen LogP contribution in [0.4, 0.5) is 0 Å². The van der Waals surface area contributed by atoms with Crippen molar-refractivity contribution in [2.45, 2.75) is 64.6 Å². The highest BCUT2D eigenvalue weighted by molar-refractivity contribution is 5.75. The lowest BCUT2D eigenvalue weighted by molar-refractivity contribution is -0.167. The number of ether oxygens (including phenoxy) is 1. The van der Waals surface area contributed by atoms with Crippen molar-refractivity contribution in [3.05, 3.63) is 59.5 Å². The first-order chi connectivity index (χ1) is 12.8. The van der Waals surface area contributed by atoms with Gasteiger partial charge in [0.15, 0.2) is 0 Å². The molecule has 0 unspecified atom stereocenters. The number of esters is 1. The van der Waals surface area contributed by atoms with Gasteiger partial charge in [0.05, 0.1) is 0 Å². The third-order valence-corrected chi connectivity index (χ3v) is 6.02. The van der Waals surface area contributed by atoms with Crippen LogP contribution in [0.15, 0.2) is 46.9 Å². The Kier molecular flexibility index (Phi) is 5.75. The Hall–Kier alpha value is -2.07. The second-order valence-corrected chi connectivity index (χ2v) is 8.44. The van der Waals surface area contributed by atoms with Crippen LogP contribution in [0, 0.1) is 18.8 Å². The molecular weight excluding hydrogens is 340 g/mol. The zero-order valence-corrected chi connectivity index (χ0v) is 16.6. The molecule has 146 valence electrons. The van der Waals surface area contributed by atoms with Gasteiger partial charge in [-0.3, -0.25) is 0 Å². The van der Waals surface area contributed by atoms with Gasteiger partial charge >= 0.3 is 5.97 Å². The maximum absolute atomic E-state index is 12.6. The van der Waals surface area contributed by atoms with E-state index in [0.29, 0.717) is 11.7 Å². The molecule has 0 spiro atoms. The standard InChI is InChI=1S/C23H30O4/c1-15-10-12-18(23(3,4)17-8-6-5-7-9-17)20(14-15)27-22(25)21(24)19-13-11-16(2)26-19/h5-9,11,13,15,18,20-21,24H,10,12,14H2,1-4H3/t15-,18-,20-,21-/m1/s1. The number of benzene rings is 1. The Morgan fingerprint density at radius 3 is 2.52 bits per heavy atom. The number of hydrogen-bond donors (Lipinski definition) is 1. The van der Waals surface area contributed by atoms with E-state index in [9.17, 15) is 9.90 Å². The fourth-order valence-electron chi connectivity index (χ4n) is 4.30. The van der Waals surface area contributed by atoms with Gasteiger partial charge in [0.25, 0.3) is 0 Å². The normalized spacial score (nSPS) is 24.4. The Morgan fingerprint density at radius 1 is 1.19 bits per heavy atom. The lowest BCUT2D eigenvalue weighted by atomic mass is 9.64. The number of aryl methyl sites for hydroxylation is 1. The average molecular weight is 370 g/mol. The minimum absolute atomic E-state index is 0.126. The van der Waals surface area contributed by atoms with E-state index in [2.05, 4.69) is 32.9 Å². The number of carbonyl (C=O) groups is 1. The molecule has 0 saturated heterocycles. The van der Waals surface area contributed by atoms with E-state index in [1.165, 1.54) is 5.56 Å². The first-order valence-corrected chi connectivity index (χ1v) is 9.79. The minimum atomic E-state index is -1.38. The molecule has 4 heteroatoms. The third kappa shape index (κ3) is 4.27. The van der Waals surface area contributed by atoms with Crippen LogP contribution in [0.1, 0.15) is 63.2 Å². The molecule has 1 aromatic heterocycles. The Labute approximate surface area is 161 Å². The van der Waals surface area contributed by atoms with Crippen molar-refractivity contribution in [2.24, 2.45) is 11.8 Å². The zero-order chi connectivity index (χ0) is 19.6. The van der Waals surface area contributed by atoms with Gasteiger partial charge in [0.1, 0.15) is 17.6 Å². The van der Waals surface area contributed by atoms with E-state index in [1.807, 2.05) is 18.2 Å². The summed E-state index contributed by atoms with van der Waals surface area (Å²) in [6.45, 7) is 8.41. The van der Waals surface area contributed by atoms with Gasteiger partial charge in [0.2, 0.25) is 6.10 Å². The summed E-state index contributed by atoms with van der Waals surface area (Å²) >= 11 is 0. The molecule has 1 aromatic carbocycles. The molecule has 0 radical (unpaired) electrons. The zero-order valence-electron chi connectivity index (χ0n) is 16.6. The Bertz CT molecular complexity index is 762. The van der Waals surface area contributed by atoms with Crippen molar-refractivity contribution in [1.29, 1.82) is 0 Å². The molecule has 4 nitrogen and oxygen atoms in total. The van der Waals surface area contributed by atoms with Crippen LogP contribution in [0.25, 0.3) is 0 Å². The number of rotatable bonds is 5. The predicted molar refractivity (Wildman–Crippen MR) is 104 cm³/mol. The molecule has 1 heterocycles. The molecule has 1 N–H and O–H groups in total. The first-order valence-electron chi connectivity index (χ1n) is 9.79. The molecular formula is C23H30O4. The second kappa shape index (κ2) is 7.89. The SMILES string of the molecule is Cc1ccc([C@@H](O)C(=O)O[C@@H]2C[C@H](C)CC[C@H]2C(C)(C)c2ccccc2)o1. The van der Waals surface area contributed by atoms with Crippen LogP contribution in [0.2, 0.25) is 0 Å². The monoisotopic (exact) mass is 370 g/mol. The van der Waals surface area contributed by atoms with Crippen LogP contribution in [0.5, 0.6) is 0 Å². The first kappa shape index (κ1) is 19.7. The van der Waals surface area contributed by atoms with Crippen molar-refractivity contribution < 1.29 is 19.1 Å². The molecule has 27 heavy (non-hydrogen) atoms. The lowest BCUT2D eigenvalue weighted by Gasteiger charge is -2.44. The van der Waals surface area contributed by atoms with Crippen molar-refractivity contribution >= 4 is 5.97 Å². The molecule has 1 fully saturated rings. The minimum Gasteiger partial charge on any atom is -0.463 e. The van der Waals surface area contributed by atoms with Crippen LogP contribution in [-0.4, -0.2) is 17.2 Å². The van der Waals surface area contributed by atoms with Gasteiger partial charge in [-0.2, -0.15) is 0 Å². The number of furan rings is 1. The van der Waals surface area contributed by atoms with Crippen molar-refractivity contribution in [3.8, 4) is 0 Å². The quantitative estimate of drug-likeness (QED) is 0.757. The molecule has 1 saturated carbocycles. The van der Waals surface area contributed by atoms with E-state index in [-0.39, 0.29) is 23.2 Å². The number of aliphatic hydroxyl groups excluding tert-OH is 1. The van der Waals surface area contributed by atoms with Gasteiger partial charge in [-0.25, -0.2) is 4.79 Å². The average Bonchev–Trinajstić information content (AvgIpc) is 3.08. The van der Waals surface area contributed by atoms with E-state index in [0.717, 1.165) is 19.3 Å². The molecule has 0 aliphatic heterocycles. The summed E-state index contributed by atoms with van der Waals surface area (Å²) in [5, 5.41) is 10.3. The highest BCUT2D eigenvalue weighted by Gasteiger charge is 2.42. The fourth-order valence-corrected chi connectivity index (χ4v) is 4.30. The van der Waals surface area contributed by atoms with Crippen molar-refractivity contribution in [2.75, 3.05) is 0 Å². The van der Waals surface area contributed by atoms with Gasteiger partial charge in [0, 0.05) is 5.92 Å². The van der Waals surface area contributed by atoms with E-state index in [1.54, 1.807) is 19.1 Å². The summed E-state index contributed by atoms with van der Waals surface area (Å²) in [6, 6.07) is 13.7. The summed E-state index contributed by atoms with van der Waals surface area (Å²) in [4.78, 5) is 12.6. The van der Waals surface area contributed by atoms with E-state index >= 15 is 0 Å². The Balaban J connectivity index is 1.79. The third-order valence-electron chi connectivity index (χ3n) is 6.02. The predicted octanol–water partition coefficient (Wildman–Crippen LogP) is 4.95. The van der Waals surface area contributed by atoms with Crippen molar-refractivity contribution in [1.82, 2.24) is 0 Å². The van der Waals surface area contributed by atoms with Gasteiger partial charge in [-0.05, 0) is 48.8 Å².